The van der Waals surface area contributed by atoms with Gasteiger partial charge in [-0.15, -0.1) is 0 Å². The van der Waals surface area contributed by atoms with Crippen LogP contribution in [-0.2, 0) is 9.47 Å². The number of nitrogens with zero attached hydrogens (tertiary/aromatic N) is 1. The lowest BCUT2D eigenvalue weighted by Gasteiger charge is -2.39. The zero-order valence-corrected chi connectivity index (χ0v) is 15.6. The van der Waals surface area contributed by atoms with Crippen molar-refractivity contribution in [3.8, 4) is 0 Å². The number of hydrogen-bond donors (Lipinski definition) is 1. The molecule has 4 nitrogen and oxygen atoms in total. The van der Waals surface area contributed by atoms with Gasteiger partial charge in [0.25, 0.3) is 0 Å². The molecule has 136 valence electrons. The summed E-state index contributed by atoms with van der Waals surface area (Å²) in [5.41, 5.74) is 1.51. The maximum Gasteiger partial charge on any atom is 0.184 e. The van der Waals surface area contributed by atoms with Crippen molar-refractivity contribution in [3.63, 3.8) is 0 Å². The molecule has 0 saturated heterocycles. The van der Waals surface area contributed by atoms with Gasteiger partial charge in [-0.25, -0.2) is 0 Å². The van der Waals surface area contributed by atoms with Crippen LogP contribution < -0.4 is 5.32 Å². The molecule has 1 heterocycles. The van der Waals surface area contributed by atoms with E-state index in [2.05, 4.69) is 36.2 Å². The van der Waals surface area contributed by atoms with E-state index in [0.717, 1.165) is 37.8 Å². The molecule has 3 aliphatic rings. The second kappa shape index (κ2) is 8.28. The molecule has 0 amide bonds. The Morgan fingerprint density at radius 1 is 1.29 bits per heavy atom. The molecule has 0 aromatic carbocycles. The molecule has 0 spiro atoms. The summed E-state index contributed by atoms with van der Waals surface area (Å²) in [6.45, 7) is 6.21. The Labute approximate surface area is 147 Å². The van der Waals surface area contributed by atoms with Crippen molar-refractivity contribution in [3.05, 3.63) is 23.7 Å². The van der Waals surface area contributed by atoms with Gasteiger partial charge in [-0.1, -0.05) is 19.9 Å². The lowest BCUT2D eigenvalue weighted by Crippen LogP contribution is -2.49. The number of nitrogens with one attached hydrogen (secondary N) is 1. The molecule has 1 fully saturated rings. The van der Waals surface area contributed by atoms with E-state index in [0.29, 0.717) is 18.2 Å². The predicted molar refractivity (Wildman–Crippen MR) is 97.2 cm³/mol. The number of rotatable bonds is 9. The molecule has 1 N–H and O–H groups in total. The zero-order valence-electron chi connectivity index (χ0n) is 15.6. The molecule has 0 bridgehead atoms. The predicted octanol–water partition coefficient (Wildman–Crippen LogP) is 4.00. The third-order valence-electron chi connectivity index (χ3n) is 5.74. The summed E-state index contributed by atoms with van der Waals surface area (Å²) in [5, 5.41) is 3.63. The number of allylic oxidation sites excluding steroid dienone is 3. The SMILES string of the molecule is CCC(CC)OCCN(C1=CCCCC1)[C@H]1NC(OC)=C[C@@H]2CC21. The van der Waals surface area contributed by atoms with Crippen LogP contribution in [0.4, 0.5) is 0 Å². The first-order valence-corrected chi connectivity index (χ1v) is 9.86. The number of fused-ring (bicyclic) bond motifs is 1. The average Bonchev–Trinajstić information content (AvgIpc) is 3.42. The normalized spacial score (nSPS) is 28.6. The van der Waals surface area contributed by atoms with Gasteiger partial charge >= 0.3 is 0 Å². The molecule has 0 radical (unpaired) electrons. The van der Waals surface area contributed by atoms with Crippen molar-refractivity contribution in [1.82, 2.24) is 10.2 Å². The highest BCUT2D eigenvalue weighted by Gasteiger charge is 2.48. The van der Waals surface area contributed by atoms with Gasteiger partial charge in [0, 0.05) is 18.2 Å². The van der Waals surface area contributed by atoms with Crippen LogP contribution in [0.5, 0.6) is 0 Å². The molecular formula is C20H34N2O2. The summed E-state index contributed by atoms with van der Waals surface area (Å²) in [7, 11) is 1.76. The number of ether oxygens (including phenoxy) is 2. The Bertz CT molecular complexity index is 470. The van der Waals surface area contributed by atoms with Crippen molar-refractivity contribution in [2.24, 2.45) is 11.8 Å². The van der Waals surface area contributed by atoms with E-state index < -0.39 is 0 Å². The fourth-order valence-electron chi connectivity index (χ4n) is 4.11. The standard InChI is InChI=1S/C20H34N2O2/c1-4-17(5-2)24-12-11-22(16-9-7-6-8-10-16)20-18-13-15(18)14-19(21-20)23-3/h9,14-15,17-18,20-21H,4-8,10-13H2,1-3H3/t15-,18?,20+/m0/s1. The minimum Gasteiger partial charge on any atom is -0.483 e. The third-order valence-corrected chi connectivity index (χ3v) is 5.74. The summed E-state index contributed by atoms with van der Waals surface area (Å²) in [6, 6.07) is 0. The van der Waals surface area contributed by atoms with Gasteiger partial charge in [0.2, 0.25) is 0 Å². The molecule has 0 aromatic rings. The van der Waals surface area contributed by atoms with Crippen LogP contribution in [0.2, 0.25) is 0 Å². The Hall–Kier alpha value is -1.16. The van der Waals surface area contributed by atoms with E-state index in [-0.39, 0.29) is 0 Å². The van der Waals surface area contributed by atoms with Crippen molar-refractivity contribution in [1.29, 1.82) is 0 Å². The highest BCUT2D eigenvalue weighted by molar-refractivity contribution is 5.18. The second-order valence-corrected chi connectivity index (χ2v) is 7.33. The van der Waals surface area contributed by atoms with E-state index in [1.807, 2.05) is 0 Å². The van der Waals surface area contributed by atoms with Crippen LogP contribution >= 0.6 is 0 Å². The molecule has 4 heteroatoms. The monoisotopic (exact) mass is 334 g/mol. The lowest BCUT2D eigenvalue weighted by molar-refractivity contribution is 0.0245. The highest BCUT2D eigenvalue weighted by Crippen LogP contribution is 2.47. The minimum absolute atomic E-state index is 0.365. The Morgan fingerprint density at radius 3 is 2.79 bits per heavy atom. The molecule has 3 atom stereocenters. The van der Waals surface area contributed by atoms with Gasteiger partial charge in [0.1, 0.15) is 6.17 Å². The number of methoxy groups -OCH3 is 1. The molecule has 3 rings (SSSR count). The fraction of sp³-hybridized carbons (Fsp3) is 0.800. The van der Waals surface area contributed by atoms with E-state index >= 15 is 0 Å². The van der Waals surface area contributed by atoms with Crippen LogP contribution in [0.1, 0.15) is 58.8 Å². The Morgan fingerprint density at radius 2 is 2.12 bits per heavy atom. The Balaban J connectivity index is 1.66. The van der Waals surface area contributed by atoms with Gasteiger partial charge in [-0.05, 0) is 56.9 Å². The van der Waals surface area contributed by atoms with Gasteiger partial charge in [-0.3, -0.25) is 0 Å². The smallest absolute Gasteiger partial charge is 0.184 e. The van der Waals surface area contributed by atoms with E-state index in [1.165, 1.54) is 37.8 Å². The maximum atomic E-state index is 6.11. The third kappa shape index (κ3) is 4.08. The van der Waals surface area contributed by atoms with Crippen molar-refractivity contribution >= 4 is 0 Å². The molecular weight excluding hydrogens is 300 g/mol. The summed E-state index contributed by atoms with van der Waals surface area (Å²) in [5.74, 6) is 2.36. The van der Waals surface area contributed by atoms with Gasteiger partial charge in [0.15, 0.2) is 5.88 Å². The number of hydrogen-bond acceptors (Lipinski definition) is 4. The topological polar surface area (TPSA) is 33.7 Å². The fourth-order valence-corrected chi connectivity index (χ4v) is 4.11. The summed E-state index contributed by atoms with van der Waals surface area (Å²) in [4.78, 5) is 2.58. The summed E-state index contributed by atoms with van der Waals surface area (Å²) >= 11 is 0. The zero-order chi connectivity index (χ0) is 16.9. The van der Waals surface area contributed by atoms with E-state index in [1.54, 1.807) is 7.11 Å². The van der Waals surface area contributed by atoms with Crippen LogP contribution in [0, 0.1) is 11.8 Å². The van der Waals surface area contributed by atoms with Crippen LogP contribution in [0.25, 0.3) is 0 Å². The molecule has 1 unspecified atom stereocenters. The second-order valence-electron chi connectivity index (χ2n) is 7.33. The molecule has 1 aliphatic heterocycles. The minimum atomic E-state index is 0.365. The molecule has 1 saturated carbocycles. The molecule has 24 heavy (non-hydrogen) atoms. The van der Waals surface area contributed by atoms with Crippen molar-refractivity contribution < 1.29 is 9.47 Å². The van der Waals surface area contributed by atoms with E-state index in [4.69, 9.17) is 9.47 Å². The average molecular weight is 335 g/mol. The van der Waals surface area contributed by atoms with Crippen molar-refractivity contribution in [2.75, 3.05) is 20.3 Å². The molecule has 2 aliphatic carbocycles. The first kappa shape index (κ1) is 17.7. The maximum absolute atomic E-state index is 6.11. The Kier molecular flexibility index (Phi) is 6.09. The lowest BCUT2D eigenvalue weighted by atomic mass is 10.0. The van der Waals surface area contributed by atoms with Gasteiger partial charge < -0.3 is 19.7 Å². The molecule has 0 aromatic heterocycles. The van der Waals surface area contributed by atoms with Crippen LogP contribution in [0.15, 0.2) is 23.7 Å². The van der Waals surface area contributed by atoms with Gasteiger partial charge in [-0.2, -0.15) is 0 Å². The van der Waals surface area contributed by atoms with Gasteiger partial charge in [0.05, 0.1) is 19.8 Å². The van der Waals surface area contributed by atoms with E-state index in [9.17, 15) is 0 Å². The quantitative estimate of drug-likeness (QED) is 0.691. The van der Waals surface area contributed by atoms with Crippen molar-refractivity contribution in [2.45, 2.75) is 71.1 Å². The summed E-state index contributed by atoms with van der Waals surface area (Å²) < 4.78 is 11.6. The largest absolute Gasteiger partial charge is 0.483 e. The van der Waals surface area contributed by atoms with Crippen LogP contribution in [0.3, 0.4) is 0 Å². The summed E-state index contributed by atoms with van der Waals surface area (Å²) in [6.07, 6.45) is 14.0. The van der Waals surface area contributed by atoms with Crippen LogP contribution in [-0.4, -0.2) is 37.4 Å². The highest BCUT2D eigenvalue weighted by atomic mass is 16.5. The first-order chi connectivity index (χ1) is 11.8. The first-order valence-electron chi connectivity index (χ1n) is 9.86.